The van der Waals surface area contributed by atoms with E-state index < -0.39 is 179 Å². The Morgan fingerprint density at radius 3 is 1.85 bits per heavy atom. The van der Waals surface area contributed by atoms with Crippen molar-refractivity contribution in [1.82, 2.24) is 60.0 Å². The molecule has 8 rings (SSSR count). The van der Waals surface area contributed by atoms with Crippen LogP contribution in [0.4, 0.5) is 13.2 Å². The number of fused-ring (bicyclic) bond motifs is 2. The Labute approximate surface area is 612 Å². The number of nitrogens with one attached hydrogen (secondary N) is 3. The lowest BCUT2D eigenvalue weighted by Gasteiger charge is -2.45. The van der Waals surface area contributed by atoms with Crippen LogP contribution in [0.1, 0.15) is 202 Å². The number of amides is 12. The molecule has 4 heterocycles. The summed E-state index contributed by atoms with van der Waals surface area (Å²) in [5.41, 5.74) is -1.60. The zero-order valence-electron chi connectivity index (χ0n) is 63.1. The predicted octanol–water partition coefficient (Wildman–Crippen LogP) is 5.86. The number of likely N-dealkylation sites (N-methyl/N-ethyl adjacent to an activating group) is 6. The van der Waals surface area contributed by atoms with E-state index in [4.69, 9.17) is 16.3 Å². The van der Waals surface area contributed by atoms with Crippen LogP contribution in [0, 0.1) is 35.5 Å². The molecule has 0 aromatic rings. The summed E-state index contributed by atoms with van der Waals surface area (Å²) in [4.78, 5) is 193. The van der Waals surface area contributed by atoms with Gasteiger partial charge in [-0.25, -0.2) is 0 Å². The van der Waals surface area contributed by atoms with Crippen molar-refractivity contribution in [3.63, 3.8) is 0 Å². The second-order valence-electron chi connectivity index (χ2n) is 31.8. The Hall–Kier alpha value is -6.32. The van der Waals surface area contributed by atoms with Gasteiger partial charge in [-0.15, -0.1) is 11.6 Å². The maximum atomic E-state index is 15.8. The van der Waals surface area contributed by atoms with Crippen molar-refractivity contribution in [3.8, 4) is 0 Å². The molecule has 29 heteroatoms. The summed E-state index contributed by atoms with van der Waals surface area (Å²) < 4.78 is 48.4. The lowest BCUT2D eigenvalue weighted by Crippen LogP contribution is -2.65. The highest BCUT2D eigenvalue weighted by Crippen LogP contribution is 2.44. The van der Waals surface area contributed by atoms with Crippen LogP contribution in [-0.4, -0.2) is 274 Å². The molecule has 25 nitrogen and oxygen atoms in total. The number of carbonyl (C=O) groups is 12. The molecule has 0 radical (unpaired) electrons. The van der Waals surface area contributed by atoms with Gasteiger partial charge in [-0.2, -0.15) is 13.2 Å². The van der Waals surface area contributed by atoms with Crippen LogP contribution in [0.25, 0.3) is 0 Å². The lowest BCUT2D eigenvalue weighted by molar-refractivity contribution is -0.182. The molecular weight excluding hydrogens is 1360 g/mol. The highest BCUT2D eigenvalue weighted by atomic mass is 35.5. The number of hydrogen-bond acceptors (Lipinski definition) is 13. The number of halogens is 4. The number of hydrogen-bond donors (Lipinski definition) is 3. The predicted molar refractivity (Wildman–Crippen MR) is 379 cm³/mol. The highest BCUT2D eigenvalue weighted by Gasteiger charge is 2.54. The molecule has 0 aromatic carbocycles. The third-order valence-electron chi connectivity index (χ3n) is 24.4. The molecule has 8 aliphatic rings. The first-order valence-corrected chi connectivity index (χ1v) is 38.8. The zero-order chi connectivity index (χ0) is 75.7. The minimum atomic E-state index is -4.52. The minimum Gasteiger partial charge on any atom is -0.377 e. The zero-order valence-corrected chi connectivity index (χ0v) is 63.8. The Bertz CT molecular complexity index is 3050. The highest BCUT2D eigenvalue weighted by molar-refractivity contribution is 6.21. The van der Waals surface area contributed by atoms with E-state index in [2.05, 4.69) is 16.0 Å². The van der Waals surface area contributed by atoms with Crippen molar-refractivity contribution in [3.05, 3.63) is 0 Å². The summed E-state index contributed by atoms with van der Waals surface area (Å²) in [7, 11) is 8.75. The van der Waals surface area contributed by atoms with E-state index in [0.717, 1.165) is 44.9 Å². The molecule has 4 aliphatic heterocycles. The van der Waals surface area contributed by atoms with Gasteiger partial charge in [0.1, 0.15) is 59.9 Å². The van der Waals surface area contributed by atoms with E-state index in [1.165, 1.54) is 88.4 Å². The number of ether oxygens (including phenoxy) is 1. The van der Waals surface area contributed by atoms with Crippen LogP contribution in [0.2, 0.25) is 0 Å². The first-order chi connectivity index (χ1) is 48.6. The second kappa shape index (κ2) is 35.8. The smallest absolute Gasteiger partial charge is 0.377 e. The van der Waals surface area contributed by atoms with Gasteiger partial charge in [0, 0.05) is 86.9 Å². The summed E-state index contributed by atoms with van der Waals surface area (Å²) in [6.45, 7) is 11.0. The molecule has 580 valence electrons. The van der Waals surface area contributed by atoms with Crippen LogP contribution in [0.15, 0.2) is 0 Å². The van der Waals surface area contributed by atoms with Gasteiger partial charge in [-0.05, 0) is 127 Å². The van der Waals surface area contributed by atoms with E-state index in [-0.39, 0.29) is 108 Å². The Kier molecular flexibility index (Phi) is 28.7. The molecule has 1 spiro atoms. The molecule has 3 unspecified atom stereocenters. The van der Waals surface area contributed by atoms with Crippen molar-refractivity contribution in [1.29, 1.82) is 0 Å². The Morgan fingerprint density at radius 2 is 1.28 bits per heavy atom. The second-order valence-corrected chi connectivity index (χ2v) is 32.3. The van der Waals surface area contributed by atoms with Crippen LogP contribution in [-0.2, 0) is 62.3 Å². The molecular formula is C74H118ClF3N12O13. The quantitative estimate of drug-likeness (QED) is 0.183. The third-order valence-corrected chi connectivity index (χ3v) is 24.9. The molecule has 14 atom stereocenters. The van der Waals surface area contributed by atoms with Gasteiger partial charge in [-0.1, -0.05) is 91.9 Å². The Balaban J connectivity index is 1.18. The normalized spacial score (nSPS) is 31.8. The van der Waals surface area contributed by atoms with Crippen molar-refractivity contribution >= 4 is 82.5 Å². The minimum absolute atomic E-state index is 0.0165. The monoisotopic (exact) mass is 1470 g/mol. The molecule has 4 saturated heterocycles. The van der Waals surface area contributed by atoms with Crippen LogP contribution in [0.5, 0.6) is 0 Å². The van der Waals surface area contributed by atoms with Crippen LogP contribution < -0.4 is 16.0 Å². The Morgan fingerprint density at radius 1 is 0.631 bits per heavy atom. The van der Waals surface area contributed by atoms with E-state index in [1.807, 2.05) is 20.8 Å². The maximum absolute atomic E-state index is 15.8. The van der Waals surface area contributed by atoms with E-state index in [9.17, 15) is 41.9 Å². The number of likely N-dealkylation sites (tertiary alicyclic amines) is 1. The molecule has 12 amide bonds. The van der Waals surface area contributed by atoms with Gasteiger partial charge in [0.25, 0.3) is 0 Å². The average Bonchev–Trinajstić information content (AvgIpc) is 1.74. The molecule has 103 heavy (non-hydrogen) atoms. The number of alkyl halides is 4. The van der Waals surface area contributed by atoms with E-state index >= 15 is 28.8 Å². The summed E-state index contributed by atoms with van der Waals surface area (Å²) in [5, 5.41) is 7.66. The van der Waals surface area contributed by atoms with Crippen molar-refractivity contribution in [2.45, 2.75) is 280 Å². The fourth-order valence-electron chi connectivity index (χ4n) is 17.3. The van der Waals surface area contributed by atoms with Gasteiger partial charge < -0.3 is 64.8 Å². The van der Waals surface area contributed by atoms with Gasteiger partial charge in [0.2, 0.25) is 70.9 Å². The standard InChI is InChI=1S/C74H118ClF3N12O13/c1-13-45(5)61-70(100)83(8)46(6)65(95)89-36-31-54(89)68(98)85(10)57(39-47-23-16-15-17-24-47)67(97)82(7)43-59(91)79-53(30-28-48-27-29-51(52(75)38-48)74(76,77)78)66(96)90-42-50(103-14-2)40-56(90)64(94)81-73(32-20-21-33-73)72(102)87(12)62(49-25-18-19-26-49)71(101)86(11)58(69(99)88-34-22-35-88)41-60(92)84(9)55(37-44(3)4)63(93)80-61/h44-58,61-62H,13-43H2,1-12H3,(H,79,91)(H,80,93)(H,81,94)/t45-,46-,48?,50+,51?,52?,53-,54-,55-,56-,57-,58-,61-,62-/m0/s1. The van der Waals surface area contributed by atoms with Gasteiger partial charge in [0.15, 0.2) is 0 Å². The SMILES string of the molecule is CCO[C@@H]1C[C@H]2C(=O)NC3(CCCC3)C(=O)N(C)[C@@H](C3CCCC3)C(=O)N(C)[C@H](C(=O)N3CCC3)CC(=O)N(C)[C@@H](CC(C)C)C(=O)N[C@@H]([C@@H](C)CC)C(=O)N(C)[C@@H](C)C(=O)N3CC[C@H]3C(=O)N(C)[C@@H](CC3CCCCC3)C(=O)N(C)CC(=O)N[C@@H](CCC3CCC(C(F)(F)F)C(Cl)C3)C(=O)N2C1. The largest absolute Gasteiger partial charge is 0.393 e. The molecule has 0 bridgehead atoms. The topological polar surface area (TPSA) is 279 Å². The molecule has 4 aliphatic carbocycles. The summed E-state index contributed by atoms with van der Waals surface area (Å²) >= 11 is 6.45. The number of nitrogens with zero attached hydrogens (tertiary/aromatic N) is 9. The van der Waals surface area contributed by atoms with E-state index in [1.54, 1.807) is 18.7 Å². The first kappa shape index (κ1) is 82.3. The maximum Gasteiger partial charge on any atom is 0.393 e. The van der Waals surface area contributed by atoms with Crippen LogP contribution >= 0.6 is 11.6 Å². The fourth-order valence-corrected chi connectivity index (χ4v) is 17.8. The fraction of sp³-hybridized carbons (Fsp3) is 0.838. The molecule has 4 saturated carbocycles. The first-order valence-electron chi connectivity index (χ1n) is 38.4. The molecule has 8 fully saturated rings. The van der Waals surface area contributed by atoms with Gasteiger partial charge in [-0.3, -0.25) is 57.5 Å². The third kappa shape index (κ3) is 19.3. The average molecular weight is 1480 g/mol. The summed E-state index contributed by atoms with van der Waals surface area (Å²) in [6.07, 6.45) is 4.16. The van der Waals surface area contributed by atoms with Crippen molar-refractivity contribution in [2.75, 3.05) is 81.6 Å². The summed E-state index contributed by atoms with van der Waals surface area (Å²) in [6, 6.07) is -10.9. The summed E-state index contributed by atoms with van der Waals surface area (Å²) in [5.74, 6) is -10.6. The van der Waals surface area contributed by atoms with E-state index in [0.29, 0.717) is 51.6 Å². The van der Waals surface area contributed by atoms with Crippen molar-refractivity contribution in [2.24, 2.45) is 35.5 Å². The van der Waals surface area contributed by atoms with Gasteiger partial charge in [0.05, 0.1) is 25.0 Å². The van der Waals surface area contributed by atoms with Gasteiger partial charge >= 0.3 is 6.18 Å². The lowest BCUT2D eigenvalue weighted by atomic mass is 9.78. The molecule has 0 aromatic heterocycles. The molecule has 3 N–H and O–H groups in total. The number of rotatable bonds is 13. The van der Waals surface area contributed by atoms with Crippen LogP contribution in [0.3, 0.4) is 0 Å². The van der Waals surface area contributed by atoms with Crippen molar-refractivity contribution < 1.29 is 75.4 Å². The number of carbonyl (C=O) groups excluding carboxylic acids is 12.